The van der Waals surface area contributed by atoms with Crippen LogP contribution in [0.4, 0.5) is 10.2 Å². The van der Waals surface area contributed by atoms with E-state index in [1.165, 1.54) is 6.07 Å². The highest BCUT2D eigenvalue weighted by Crippen LogP contribution is 2.20. The van der Waals surface area contributed by atoms with Crippen molar-refractivity contribution in [1.82, 2.24) is 19.6 Å². The van der Waals surface area contributed by atoms with Gasteiger partial charge < -0.3 is 5.32 Å². The van der Waals surface area contributed by atoms with Gasteiger partial charge in [0.1, 0.15) is 5.82 Å². The van der Waals surface area contributed by atoms with E-state index >= 15 is 0 Å². The Morgan fingerprint density at radius 2 is 1.93 bits per heavy atom. The van der Waals surface area contributed by atoms with Crippen molar-refractivity contribution < 1.29 is 9.18 Å². The van der Waals surface area contributed by atoms with Crippen molar-refractivity contribution in [3.05, 3.63) is 63.8 Å². The van der Waals surface area contributed by atoms with E-state index < -0.39 is 0 Å². The van der Waals surface area contributed by atoms with Gasteiger partial charge in [0.15, 0.2) is 5.82 Å². The van der Waals surface area contributed by atoms with Gasteiger partial charge in [-0.15, -0.1) is 0 Å². The first-order valence-electron chi connectivity index (χ1n) is 9.04. The van der Waals surface area contributed by atoms with Gasteiger partial charge in [-0.25, -0.2) is 4.39 Å². The molecule has 2 heterocycles. The molecule has 0 spiro atoms. The predicted molar refractivity (Wildman–Crippen MR) is 107 cm³/mol. The second-order valence-electron chi connectivity index (χ2n) is 6.98. The lowest BCUT2D eigenvalue weighted by Gasteiger charge is -2.12. The molecule has 0 aliphatic rings. The first-order chi connectivity index (χ1) is 13.3. The summed E-state index contributed by atoms with van der Waals surface area (Å²) >= 11 is 6.17. The van der Waals surface area contributed by atoms with Crippen LogP contribution < -0.4 is 5.32 Å². The molecule has 0 saturated carbocycles. The summed E-state index contributed by atoms with van der Waals surface area (Å²) in [4.78, 5) is 12.6. The molecule has 1 unspecified atom stereocenters. The Bertz CT molecular complexity index is 1010. The molecule has 1 amide bonds. The number of nitrogens with one attached hydrogen (secondary N) is 1. The Balaban J connectivity index is 1.67. The zero-order valence-corrected chi connectivity index (χ0v) is 17.1. The smallest absolute Gasteiger partial charge is 0.230 e. The zero-order valence-electron chi connectivity index (χ0n) is 16.3. The van der Waals surface area contributed by atoms with E-state index in [-0.39, 0.29) is 17.6 Å². The van der Waals surface area contributed by atoms with Gasteiger partial charge in [-0.05, 0) is 26.8 Å². The molecular formula is C20H23ClFN5O. The average Bonchev–Trinajstić information content (AvgIpc) is 3.11. The van der Waals surface area contributed by atoms with E-state index in [9.17, 15) is 9.18 Å². The molecule has 2 aromatic heterocycles. The molecule has 8 heteroatoms. The van der Waals surface area contributed by atoms with E-state index in [0.29, 0.717) is 29.5 Å². The Labute approximate surface area is 168 Å². The summed E-state index contributed by atoms with van der Waals surface area (Å²) in [5.74, 6) is -0.331. The molecule has 0 aliphatic carbocycles. The quantitative estimate of drug-likeness (QED) is 0.673. The molecule has 0 radical (unpaired) electrons. The Morgan fingerprint density at radius 3 is 2.57 bits per heavy atom. The first-order valence-corrected chi connectivity index (χ1v) is 9.42. The van der Waals surface area contributed by atoms with Crippen LogP contribution in [0.15, 0.2) is 30.3 Å². The number of rotatable bonds is 6. The third-order valence-corrected chi connectivity index (χ3v) is 5.24. The second-order valence-corrected chi connectivity index (χ2v) is 7.36. The third-order valence-electron chi connectivity index (χ3n) is 4.70. The fourth-order valence-corrected chi connectivity index (χ4v) is 3.10. The molecule has 1 N–H and O–H groups in total. The van der Waals surface area contributed by atoms with Crippen LogP contribution in [-0.4, -0.2) is 25.5 Å². The third kappa shape index (κ3) is 4.25. The van der Waals surface area contributed by atoms with Crippen LogP contribution in [0.1, 0.15) is 29.6 Å². The number of nitrogens with zero attached hydrogens (tertiary/aromatic N) is 4. The molecule has 28 heavy (non-hydrogen) atoms. The fraction of sp³-hybridized carbons (Fsp3) is 0.350. The SMILES string of the molecule is Cc1nn(CC(C)C(=O)Nc2cc(C)n(Cc3ccccc3F)n2)c(C)c1Cl. The summed E-state index contributed by atoms with van der Waals surface area (Å²) in [5, 5.41) is 12.2. The summed E-state index contributed by atoms with van der Waals surface area (Å²) in [6.07, 6.45) is 0. The van der Waals surface area contributed by atoms with Crippen molar-refractivity contribution in [3.8, 4) is 0 Å². The van der Waals surface area contributed by atoms with Crippen LogP contribution in [0.25, 0.3) is 0 Å². The molecule has 3 rings (SSSR count). The Morgan fingerprint density at radius 1 is 1.21 bits per heavy atom. The second kappa shape index (κ2) is 8.14. The van der Waals surface area contributed by atoms with Gasteiger partial charge in [-0.2, -0.15) is 10.2 Å². The highest BCUT2D eigenvalue weighted by atomic mass is 35.5. The maximum absolute atomic E-state index is 13.9. The number of carbonyl (C=O) groups is 1. The Hall–Kier alpha value is -2.67. The molecule has 0 aliphatic heterocycles. The van der Waals surface area contributed by atoms with E-state index in [1.54, 1.807) is 33.6 Å². The molecule has 0 bridgehead atoms. The minimum absolute atomic E-state index is 0.167. The van der Waals surface area contributed by atoms with Crippen LogP contribution in [0.5, 0.6) is 0 Å². The summed E-state index contributed by atoms with van der Waals surface area (Å²) in [7, 11) is 0. The van der Waals surface area contributed by atoms with Gasteiger partial charge >= 0.3 is 0 Å². The van der Waals surface area contributed by atoms with Gasteiger partial charge in [-0.1, -0.05) is 36.7 Å². The van der Waals surface area contributed by atoms with Crippen LogP contribution in [0.3, 0.4) is 0 Å². The highest BCUT2D eigenvalue weighted by Gasteiger charge is 2.19. The largest absolute Gasteiger partial charge is 0.309 e. The number of benzene rings is 1. The van der Waals surface area contributed by atoms with Gasteiger partial charge in [0.25, 0.3) is 0 Å². The molecular weight excluding hydrogens is 381 g/mol. The highest BCUT2D eigenvalue weighted by molar-refractivity contribution is 6.31. The molecule has 148 valence electrons. The minimum Gasteiger partial charge on any atom is -0.309 e. The van der Waals surface area contributed by atoms with Gasteiger partial charge in [0.2, 0.25) is 5.91 Å². The Kier molecular flexibility index (Phi) is 5.84. The summed E-state index contributed by atoms with van der Waals surface area (Å²) in [5.41, 5.74) is 2.95. The van der Waals surface area contributed by atoms with Crippen LogP contribution in [-0.2, 0) is 17.9 Å². The minimum atomic E-state index is -0.328. The van der Waals surface area contributed by atoms with Gasteiger partial charge in [0, 0.05) is 17.3 Å². The van der Waals surface area contributed by atoms with E-state index in [1.807, 2.05) is 27.7 Å². The monoisotopic (exact) mass is 403 g/mol. The lowest BCUT2D eigenvalue weighted by Crippen LogP contribution is -2.25. The summed E-state index contributed by atoms with van der Waals surface area (Å²) in [6.45, 7) is 8.12. The number of aryl methyl sites for hydroxylation is 2. The standard InChI is InChI=1S/C20H23ClFN5O/c1-12(10-27-15(4)19(21)14(3)24-27)20(28)23-18-9-13(2)26(25-18)11-16-7-5-6-8-17(16)22/h5-9,12H,10-11H2,1-4H3,(H,23,25,28). The van der Waals surface area contributed by atoms with E-state index in [2.05, 4.69) is 15.5 Å². The van der Waals surface area contributed by atoms with Crippen molar-refractivity contribution in [2.75, 3.05) is 5.32 Å². The zero-order chi connectivity index (χ0) is 20.4. The van der Waals surface area contributed by atoms with Crippen molar-refractivity contribution >= 4 is 23.3 Å². The van der Waals surface area contributed by atoms with E-state index in [0.717, 1.165) is 17.1 Å². The lowest BCUT2D eigenvalue weighted by molar-refractivity contribution is -0.119. The van der Waals surface area contributed by atoms with Crippen molar-refractivity contribution in [2.45, 2.75) is 40.8 Å². The first kappa shape index (κ1) is 20.1. The van der Waals surface area contributed by atoms with Crippen LogP contribution in [0, 0.1) is 32.5 Å². The van der Waals surface area contributed by atoms with Gasteiger partial charge in [0.05, 0.1) is 35.4 Å². The lowest BCUT2D eigenvalue weighted by atomic mass is 10.1. The number of hydrogen-bond donors (Lipinski definition) is 1. The topological polar surface area (TPSA) is 64.7 Å². The van der Waals surface area contributed by atoms with Crippen LogP contribution in [0.2, 0.25) is 5.02 Å². The summed E-state index contributed by atoms with van der Waals surface area (Å²) in [6, 6.07) is 8.34. The molecule has 1 atom stereocenters. The molecule has 0 saturated heterocycles. The maximum Gasteiger partial charge on any atom is 0.230 e. The number of carbonyl (C=O) groups excluding carboxylic acids is 1. The van der Waals surface area contributed by atoms with Crippen molar-refractivity contribution in [1.29, 1.82) is 0 Å². The van der Waals surface area contributed by atoms with Crippen molar-refractivity contribution in [3.63, 3.8) is 0 Å². The summed E-state index contributed by atoms with van der Waals surface area (Å²) < 4.78 is 17.3. The van der Waals surface area contributed by atoms with Crippen molar-refractivity contribution in [2.24, 2.45) is 5.92 Å². The number of hydrogen-bond acceptors (Lipinski definition) is 3. The molecule has 1 aromatic carbocycles. The number of anilines is 1. The molecule has 0 fully saturated rings. The number of aromatic nitrogens is 4. The fourth-order valence-electron chi connectivity index (χ4n) is 2.96. The number of amides is 1. The van der Waals surface area contributed by atoms with Gasteiger partial charge in [-0.3, -0.25) is 14.2 Å². The predicted octanol–water partition coefficient (Wildman–Crippen LogP) is 4.12. The molecule has 6 nitrogen and oxygen atoms in total. The maximum atomic E-state index is 13.9. The number of halogens is 2. The normalized spacial score (nSPS) is 12.2. The van der Waals surface area contributed by atoms with E-state index in [4.69, 9.17) is 11.6 Å². The average molecular weight is 404 g/mol. The molecule has 3 aromatic rings. The van der Waals surface area contributed by atoms with Crippen LogP contribution >= 0.6 is 11.6 Å².